The standard InChI is InChI=1S/C7H5ClN2O3S/c8-4-2-1-3-5-6(4)10-7(9-5)14(11,12)13/h1-3H,(H,9,10)(H,11,12,13). The third kappa shape index (κ3) is 1.47. The molecular weight excluding hydrogens is 228 g/mol. The highest BCUT2D eigenvalue weighted by atomic mass is 35.5. The number of nitrogens with one attached hydrogen (secondary N) is 1. The lowest BCUT2D eigenvalue weighted by molar-refractivity contribution is 0.476. The highest BCUT2D eigenvalue weighted by molar-refractivity contribution is 7.85. The second-order valence-electron chi connectivity index (χ2n) is 2.65. The van der Waals surface area contributed by atoms with Gasteiger partial charge in [-0.2, -0.15) is 8.42 Å². The molecule has 0 aliphatic rings. The van der Waals surface area contributed by atoms with E-state index < -0.39 is 15.3 Å². The van der Waals surface area contributed by atoms with Gasteiger partial charge in [0.05, 0.1) is 10.5 Å². The molecule has 1 aromatic carbocycles. The quantitative estimate of drug-likeness (QED) is 0.730. The van der Waals surface area contributed by atoms with Crippen LogP contribution < -0.4 is 0 Å². The van der Waals surface area contributed by atoms with Crippen LogP contribution in [0.3, 0.4) is 0 Å². The maximum atomic E-state index is 10.7. The molecule has 0 saturated heterocycles. The van der Waals surface area contributed by atoms with Crippen LogP contribution in [0.15, 0.2) is 23.4 Å². The minimum Gasteiger partial charge on any atom is -0.327 e. The van der Waals surface area contributed by atoms with Crippen LogP contribution in [0.1, 0.15) is 0 Å². The topological polar surface area (TPSA) is 83.1 Å². The van der Waals surface area contributed by atoms with Gasteiger partial charge < -0.3 is 4.98 Å². The molecule has 2 rings (SSSR count). The van der Waals surface area contributed by atoms with E-state index >= 15 is 0 Å². The molecule has 1 heterocycles. The second-order valence-corrected chi connectivity index (χ2v) is 4.40. The van der Waals surface area contributed by atoms with Crippen LogP contribution in [-0.2, 0) is 10.1 Å². The molecule has 0 bridgehead atoms. The molecule has 2 N–H and O–H groups in total. The summed E-state index contributed by atoms with van der Waals surface area (Å²) in [4.78, 5) is 6.10. The maximum absolute atomic E-state index is 10.7. The van der Waals surface area contributed by atoms with Gasteiger partial charge in [-0.05, 0) is 12.1 Å². The molecule has 0 spiro atoms. The lowest BCUT2D eigenvalue weighted by Gasteiger charge is -1.87. The monoisotopic (exact) mass is 232 g/mol. The van der Waals surface area contributed by atoms with Crippen LogP contribution >= 0.6 is 11.6 Å². The number of para-hydroxylation sites is 1. The lowest BCUT2D eigenvalue weighted by Crippen LogP contribution is -1.99. The molecule has 0 unspecified atom stereocenters. The van der Waals surface area contributed by atoms with Crippen molar-refractivity contribution in [2.75, 3.05) is 0 Å². The molecule has 0 saturated carbocycles. The largest absolute Gasteiger partial charge is 0.328 e. The number of hydrogen-bond acceptors (Lipinski definition) is 3. The summed E-state index contributed by atoms with van der Waals surface area (Å²) in [5, 5.41) is -0.172. The van der Waals surface area contributed by atoms with Crippen LogP contribution in [0, 0.1) is 0 Å². The van der Waals surface area contributed by atoms with Crippen LogP contribution in [0.2, 0.25) is 5.02 Å². The average Bonchev–Trinajstić information content (AvgIpc) is 2.48. The summed E-state index contributed by atoms with van der Waals surface area (Å²) in [6.45, 7) is 0. The number of hydrogen-bond donors (Lipinski definition) is 2. The summed E-state index contributed by atoms with van der Waals surface area (Å²) in [5.74, 6) is 0. The molecule has 7 heteroatoms. The Morgan fingerprint density at radius 1 is 1.43 bits per heavy atom. The van der Waals surface area contributed by atoms with Crippen LogP contribution in [0.5, 0.6) is 0 Å². The number of fused-ring (bicyclic) bond motifs is 1. The molecule has 14 heavy (non-hydrogen) atoms. The Hall–Kier alpha value is -1.11. The smallest absolute Gasteiger partial charge is 0.327 e. The summed E-state index contributed by atoms with van der Waals surface area (Å²) in [6, 6.07) is 4.85. The van der Waals surface area contributed by atoms with Gasteiger partial charge >= 0.3 is 10.1 Å². The molecule has 0 radical (unpaired) electrons. The fourth-order valence-electron chi connectivity index (χ4n) is 1.10. The van der Waals surface area contributed by atoms with Crippen molar-refractivity contribution in [3.63, 3.8) is 0 Å². The molecule has 0 aliphatic heterocycles. The van der Waals surface area contributed by atoms with E-state index in [1.807, 2.05) is 0 Å². The predicted octanol–water partition coefficient (Wildman–Crippen LogP) is 1.46. The Morgan fingerprint density at radius 2 is 2.14 bits per heavy atom. The summed E-state index contributed by atoms with van der Waals surface area (Å²) in [5.41, 5.74) is 0.784. The van der Waals surface area contributed by atoms with Crippen LogP contribution in [0.25, 0.3) is 11.0 Å². The SMILES string of the molecule is O=S(=O)(O)c1nc2c(Cl)cccc2[nH]1. The van der Waals surface area contributed by atoms with Crippen molar-refractivity contribution in [3.05, 3.63) is 23.2 Å². The van der Waals surface area contributed by atoms with Gasteiger partial charge in [-0.15, -0.1) is 0 Å². The normalized spacial score (nSPS) is 12.1. The van der Waals surface area contributed by atoms with Gasteiger partial charge in [-0.1, -0.05) is 17.7 Å². The molecule has 1 aromatic heterocycles. The van der Waals surface area contributed by atoms with Crippen molar-refractivity contribution in [2.24, 2.45) is 0 Å². The fraction of sp³-hybridized carbons (Fsp3) is 0. The fourth-order valence-corrected chi connectivity index (χ4v) is 1.76. The zero-order valence-corrected chi connectivity index (χ0v) is 8.30. The van der Waals surface area contributed by atoms with Crippen LogP contribution in [0.4, 0.5) is 0 Å². The van der Waals surface area contributed by atoms with Crippen molar-refractivity contribution >= 4 is 32.8 Å². The first-order valence-electron chi connectivity index (χ1n) is 3.60. The zero-order valence-electron chi connectivity index (χ0n) is 6.73. The Bertz CT molecular complexity index is 590. The van der Waals surface area contributed by atoms with Gasteiger partial charge in [0.25, 0.3) is 5.16 Å². The van der Waals surface area contributed by atoms with Gasteiger partial charge in [0.2, 0.25) is 0 Å². The molecule has 2 aromatic rings. The first kappa shape index (κ1) is 9.45. The molecule has 0 atom stereocenters. The molecule has 74 valence electrons. The summed E-state index contributed by atoms with van der Waals surface area (Å²) in [7, 11) is -4.31. The molecule has 0 fully saturated rings. The number of aromatic nitrogens is 2. The second kappa shape index (κ2) is 2.94. The van der Waals surface area contributed by atoms with Crippen molar-refractivity contribution in [2.45, 2.75) is 5.16 Å². The summed E-state index contributed by atoms with van der Waals surface area (Å²) in [6.07, 6.45) is 0. The highest BCUT2D eigenvalue weighted by Crippen LogP contribution is 2.22. The van der Waals surface area contributed by atoms with E-state index in [4.69, 9.17) is 16.2 Å². The molecule has 0 amide bonds. The van der Waals surface area contributed by atoms with Crippen molar-refractivity contribution in [1.82, 2.24) is 9.97 Å². The van der Waals surface area contributed by atoms with Crippen LogP contribution in [-0.4, -0.2) is 22.9 Å². The Kier molecular flexibility index (Phi) is 1.99. The lowest BCUT2D eigenvalue weighted by atomic mass is 10.3. The first-order chi connectivity index (χ1) is 6.48. The van der Waals surface area contributed by atoms with Gasteiger partial charge in [0, 0.05) is 0 Å². The van der Waals surface area contributed by atoms with E-state index in [1.165, 1.54) is 0 Å². The number of imidazole rings is 1. The maximum Gasteiger partial charge on any atom is 0.328 e. The third-order valence-corrected chi connectivity index (χ3v) is 2.67. The Morgan fingerprint density at radius 3 is 2.71 bits per heavy atom. The van der Waals surface area contributed by atoms with Gasteiger partial charge in [0.1, 0.15) is 5.52 Å². The molecule has 0 aliphatic carbocycles. The van der Waals surface area contributed by atoms with E-state index in [-0.39, 0.29) is 0 Å². The number of H-pyrrole nitrogens is 1. The molecule has 5 nitrogen and oxygen atoms in total. The van der Waals surface area contributed by atoms with Gasteiger partial charge in [0.15, 0.2) is 0 Å². The van der Waals surface area contributed by atoms with E-state index in [0.29, 0.717) is 16.1 Å². The number of rotatable bonds is 1. The first-order valence-corrected chi connectivity index (χ1v) is 5.42. The van der Waals surface area contributed by atoms with E-state index in [0.717, 1.165) is 0 Å². The van der Waals surface area contributed by atoms with E-state index in [1.54, 1.807) is 18.2 Å². The Labute approximate surface area is 84.5 Å². The minimum absolute atomic E-state index is 0.321. The summed E-state index contributed by atoms with van der Waals surface area (Å²) < 4.78 is 30.2. The van der Waals surface area contributed by atoms with Gasteiger partial charge in [-0.3, -0.25) is 4.55 Å². The number of aromatic amines is 1. The van der Waals surface area contributed by atoms with Gasteiger partial charge in [-0.25, -0.2) is 4.98 Å². The highest BCUT2D eigenvalue weighted by Gasteiger charge is 2.15. The average molecular weight is 233 g/mol. The zero-order chi connectivity index (χ0) is 10.3. The molecular formula is C7H5ClN2O3S. The van der Waals surface area contributed by atoms with E-state index in [9.17, 15) is 8.42 Å². The number of benzene rings is 1. The third-order valence-electron chi connectivity index (χ3n) is 1.69. The van der Waals surface area contributed by atoms with Crippen molar-refractivity contribution in [1.29, 1.82) is 0 Å². The van der Waals surface area contributed by atoms with Crippen molar-refractivity contribution in [3.8, 4) is 0 Å². The Balaban J connectivity index is 2.81. The number of halogens is 1. The van der Waals surface area contributed by atoms with E-state index in [2.05, 4.69) is 9.97 Å². The minimum atomic E-state index is -4.31. The number of nitrogens with zero attached hydrogens (tertiary/aromatic N) is 1. The predicted molar refractivity (Wildman–Crippen MR) is 50.9 cm³/mol. The van der Waals surface area contributed by atoms with Crippen molar-refractivity contribution < 1.29 is 13.0 Å². The summed E-state index contributed by atoms with van der Waals surface area (Å²) >= 11 is 5.76.